The topological polar surface area (TPSA) is 99.3 Å². The van der Waals surface area contributed by atoms with Gasteiger partial charge in [0.15, 0.2) is 0 Å². The van der Waals surface area contributed by atoms with Crippen molar-refractivity contribution in [1.29, 1.82) is 0 Å². The summed E-state index contributed by atoms with van der Waals surface area (Å²) in [7, 11) is 0. The fourth-order valence-corrected chi connectivity index (χ4v) is 1.72. The summed E-state index contributed by atoms with van der Waals surface area (Å²) in [5.41, 5.74) is 0.721. The minimum atomic E-state index is -1.13. The molecule has 0 radical (unpaired) electrons. The second-order valence-electron chi connectivity index (χ2n) is 4.25. The first-order valence-corrected chi connectivity index (χ1v) is 5.81. The molecule has 6 heteroatoms. The average molecular weight is 272 g/mol. The Bertz CT molecular complexity index is 734. The van der Waals surface area contributed by atoms with Gasteiger partial charge in [-0.1, -0.05) is 11.6 Å². The largest absolute Gasteiger partial charge is 0.478 e. The van der Waals surface area contributed by atoms with Crippen LogP contribution >= 0.6 is 0 Å². The lowest BCUT2D eigenvalue weighted by atomic mass is 10.1. The molecule has 1 heterocycles. The highest BCUT2D eigenvalue weighted by Gasteiger charge is 2.13. The van der Waals surface area contributed by atoms with Crippen LogP contribution in [-0.2, 0) is 0 Å². The van der Waals surface area contributed by atoms with E-state index in [0.29, 0.717) is 0 Å². The molecular weight excluding hydrogens is 260 g/mol. The molecule has 20 heavy (non-hydrogen) atoms. The van der Waals surface area contributed by atoms with Gasteiger partial charge in [-0.2, -0.15) is 0 Å². The van der Waals surface area contributed by atoms with Crippen LogP contribution in [-0.4, -0.2) is 22.0 Å². The molecule has 0 unspecified atom stereocenters. The van der Waals surface area contributed by atoms with Gasteiger partial charge in [-0.25, -0.2) is 4.79 Å². The van der Waals surface area contributed by atoms with Gasteiger partial charge >= 0.3 is 5.97 Å². The number of aromatic carboxylic acids is 1. The molecule has 0 aliphatic heterocycles. The monoisotopic (exact) mass is 272 g/mol. The number of hydrogen-bond donors (Lipinski definition) is 3. The third-order valence-corrected chi connectivity index (χ3v) is 2.69. The number of carbonyl (C=O) groups is 2. The van der Waals surface area contributed by atoms with Crippen LogP contribution in [0.2, 0.25) is 0 Å². The van der Waals surface area contributed by atoms with Crippen LogP contribution in [0.5, 0.6) is 0 Å². The van der Waals surface area contributed by atoms with Gasteiger partial charge in [0.25, 0.3) is 5.91 Å². The highest BCUT2D eigenvalue weighted by molar-refractivity contribution is 6.07. The van der Waals surface area contributed by atoms with Crippen LogP contribution in [0.4, 0.5) is 5.69 Å². The Labute approximate surface area is 114 Å². The van der Waals surface area contributed by atoms with E-state index in [0.717, 1.165) is 11.6 Å². The van der Waals surface area contributed by atoms with Gasteiger partial charge in [-0.3, -0.25) is 9.59 Å². The van der Waals surface area contributed by atoms with E-state index in [2.05, 4.69) is 10.3 Å². The van der Waals surface area contributed by atoms with E-state index in [1.165, 1.54) is 24.4 Å². The van der Waals surface area contributed by atoms with E-state index in [9.17, 15) is 14.4 Å². The molecular formula is C14H12N2O4. The van der Waals surface area contributed by atoms with Crippen molar-refractivity contribution in [1.82, 2.24) is 4.98 Å². The second kappa shape index (κ2) is 5.40. The zero-order valence-electron chi connectivity index (χ0n) is 10.6. The van der Waals surface area contributed by atoms with Crippen molar-refractivity contribution in [3.05, 3.63) is 63.6 Å². The fraction of sp³-hybridized carbons (Fsp3) is 0.0714. The summed E-state index contributed by atoms with van der Waals surface area (Å²) in [6.45, 7) is 1.76. The molecule has 2 rings (SSSR count). The zero-order chi connectivity index (χ0) is 14.7. The van der Waals surface area contributed by atoms with Gasteiger partial charge in [0, 0.05) is 17.8 Å². The van der Waals surface area contributed by atoms with Gasteiger partial charge in [0.1, 0.15) is 0 Å². The molecule has 6 nitrogen and oxygen atoms in total. The van der Waals surface area contributed by atoms with Gasteiger partial charge < -0.3 is 15.4 Å². The number of carboxylic acids is 1. The molecule has 1 aromatic heterocycles. The minimum Gasteiger partial charge on any atom is -0.478 e. The SMILES string of the molecule is Cc1ccc(NC(=O)c2cc[nH]c(=O)c2)c(C(=O)O)c1. The first kappa shape index (κ1) is 13.5. The zero-order valence-corrected chi connectivity index (χ0v) is 10.6. The number of anilines is 1. The molecule has 102 valence electrons. The lowest BCUT2D eigenvalue weighted by Gasteiger charge is -2.09. The summed E-state index contributed by atoms with van der Waals surface area (Å²) in [4.78, 5) is 36.6. The number of pyridine rings is 1. The smallest absolute Gasteiger partial charge is 0.337 e. The second-order valence-corrected chi connectivity index (χ2v) is 4.25. The maximum atomic E-state index is 12.0. The standard InChI is InChI=1S/C14H12N2O4/c1-8-2-3-11(10(6-8)14(19)20)16-13(18)9-4-5-15-12(17)7-9/h2-7H,1H3,(H,15,17)(H,16,18)(H,19,20). The number of carboxylic acid groups (broad SMARTS) is 1. The number of rotatable bonds is 3. The summed E-state index contributed by atoms with van der Waals surface area (Å²) in [6.07, 6.45) is 1.35. The summed E-state index contributed by atoms with van der Waals surface area (Å²) in [5.74, 6) is -1.67. The van der Waals surface area contributed by atoms with Gasteiger partial charge in [0.05, 0.1) is 11.3 Å². The fourth-order valence-electron chi connectivity index (χ4n) is 1.72. The minimum absolute atomic E-state index is 0.00295. The van der Waals surface area contributed by atoms with Crippen molar-refractivity contribution < 1.29 is 14.7 Å². The van der Waals surface area contributed by atoms with Crippen molar-refractivity contribution in [2.45, 2.75) is 6.92 Å². The molecule has 0 aliphatic carbocycles. The molecule has 3 N–H and O–H groups in total. The van der Waals surface area contributed by atoms with Crippen LogP contribution in [0.25, 0.3) is 0 Å². The number of benzene rings is 1. The molecule has 1 amide bonds. The molecule has 0 bridgehead atoms. The Morgan fingerprint density at radius 3 is 2.60 bits per heavy atom. The third-order valence-electron chi connectivity index (χ3n) is 2.69. The molecule has 0 saturated heterocycles. The van der Waals surface area contributed by atoms with Gasteiger partial charge in [-0.15, -0.1) is 0 Å². The van der Waals surface area contributed by atoms with Crippen molar-refractivity contribution in [2.24, 2.45) is 0 Å². The number of carbonyl (C=O) groups excluding carboxylic acids is 1. The van der Waals surface area contributed by atoms with E-state index in [-0.39, 0.29) is 16.8 Å². The van der Waals surface area contributed by atoms with Crippen molar-refractivity contribution in [2.75, 3.05) is 5.32 Å². The molecule has 0 spiro atoms. The molecule has 0 fully saturated rings. The lowest BCUT2D eigenvalue weighted by Crippen LogP contribution is -2.17. The average Bonchev–Trinajstić information content (AvgIpc) is 2.40. The Hall–Kier alpha value is -2.89. The molecule has 0 atom stereocenters. The first-order chi connectivity index (χ1) is 9.47. The van der Waals surface area contributed by atoms with Crippen molar-refractivity contribution in [3.8, 4) is 0 Å². The number of aryl methyl sites for hydroxylation is 1. The van der Waals surface area contributed by atoms with Crippen LogP contribution in [0.3, 0.4) is 0 Å². The summed E-state index contributed by atoms with van der Waals surface area (Å²) < 4.78 is 0. The van der Waals surface area contributed by atoms with Gasteiger partial charge in [-0.05, 0) is 25.1 Å². The van der Waals surface area contributed by atoms with Gasteiger partial charge in [0.2, 0.25) is 5.56 Å². The Kier molecular flexibility index (Phi) is 3.65. The number of aromatic nitrogens is 1. The molecule has 0 aliphatic rings. The number of hydrogen-bond acceptors (Lipinski definition) is 3. The summed E-state index contributed by atoms with van der Waals surface area (Å²) >= 11 is 0. The Morgan fingerprint density at radius 1 is 1.20 bits per heavy atom. The van der Waals surface area contributed by atoms with Crippen LogP contribution in [0, 0.1) is 6.92 Å². The van der Waals surface area contributed by atoms with Crippen molar-refractivity contribution in [3.63, 3.8) is 0 Å². The Morgan fingerprint density at radius 2 is 1.95 bits per heavy atom. The predicted octanol–water partition coefficient (Wildman–Crippen LogP) is 1.63. The molecule has 1 aromatic carbocycles. The molecule has 2 aromatic rings. The highest BCUT2D eigenvalue weighted by Crippen LogP contribution is 2.18. The quantitative estimate of drug-likeness (QED) is 0.790. The van der Waals surface area contributed by atoms with Crippen LogP contribution < -0.4 is 10.9 Å². The number of amides is 1. The van der Waals surface area contributed by atoms with E-state index in [1.807, 2.05) is 0 Å². The normalized spacial score (nSPS) is 10.1. The van der Waals surface area contributed by atoms with Crippen LogP contribution in [0.15, 0.2) is 41.3 Å². The summed E-state index contributed by atoms with van der Waals surface area (Å²) in [6, 6.07) is 7.26. The summed E-state index contributed by atoms with van der Waals surface area (Å²) in [5, 5.41) is 11.6. The molecule has 0 saturated carbocycles. The number of H-pyrrole nitrogens is 1. The number of nitrogens with one attached hydrogen (secondary N) is 2. The maximum absolute atomic E-state index is 12.0. The highest BCUT2D eigenvalue weighted by atomic mass is 16.4. The Balaban J connectivity index is 2.33. The maximum Gasteiger partial charge on any atom is 0.337 e. The van der Waals surface area contributed by atoms with E-state index >= 15 is 0 Å². The van der Waals surface area contributed by atoms with E-state index in [1.54, 1.807) is 13.0 Å². The lowest BCUT2D eigenvalue weighted by molar-refractivity contribution is 0.0698. The van der Waals surface area contributed by atoms with Crippen molar-refractivity contribution >= 4 is 17.6 Å². The first-order valence-electron chi connectivity index (χ1n) is 5.81. The van der Waals surface area contributed by atoms with E-state index < -0.39 is 17.4 Å². The number of aromatic amines is 1. The van der Waals surface area contributed by atoms with Crippen LogP contribution in [0.1, 0.15) is 26.3 Å². The third kappa shape index (κ3) is 2.92. The van der Waals surface area contributed by atoms with E-state index in [4.69, 9.17) is 5.11 Å². The predicted molar refractivity (Wildman–Crippen MR) is 73.2 cm³/mol.